The van der Waals surface area contributed by atoms with Crippen LogP contribution in [-0.4, -0.2) is 96.7 Å². The van der Waals surface area contributed by atoms with Crippen LogP contribution in [0, 0.1) is 5.92 Å². The van der Waals surface area contributed by atoms with Gasteiger partial charge >= 0.3 is 39.5 Å². The smallest absolute Gasteiger partial charge is 0.462 e. The topological polar surface area (TPSA) is 237 Å². The van der Waals surface area contributed by atoms with Crippen molar-refractivity contribution in [3.05, 3.63) is 24.3 Å². The Hall–Kier alpha value is -2.46. The van der Waals surface area contributed by atoms with Gasteiger partial charge in [0.15, 0.2) is 12.2 Å². The molecule has 0 heterocycles. The molecule has 5 atom stereocenters. The van der Waals surface area contributed by atoms with Crippen molar-refractivity contribution in [3.8, 4) is 0 Å². The van der Waals surface area contributed by atoms with E-state index in [9.17, 15) is 43.2 Å². The maximum Gasteiger partial charge on any atom is 0.472 e. The molecule has 0 saturated carbocycles. The van der Waals surface area contributed by atoms with Gasteiger partial charge in [-0.3, -0.25) is 37.3 Å². The Bertz CT molecular complexity index is 1800. The molecule has 2 unspecified atom stereocenters. The van der Waals surface area contributed by atoms with E-state index in [-0.39, 0.29) is 25.7 Å². The molecule has 0 aromatic heterocycles. The third-order valence-electron chi connectivity index (χ3n) is 15.4. The van der Waals surface area contributed by atoms with Crippen LogP contribution in [0.4, 0.5) is 0 Å². The van der Waals surface area contributed by atoms with Crippen LogP contribution in [0.3, 0.4) is 0 Å². The molecular formula is C69H130O17P2. The van der Waals surface area contributed by atoms with E-state index in [2.05, 4.69) is 58.9 Å². The summed E-state index contributed by atoms with van der Waals surface area (Å²) in [7, 11) is -9.90. The minimum Gasteiger partial charge on any atom is -0.462 e. The van der Waals surface area contributed by atoms with Crippen LogP contribution in [0.15, 0.2) is 24.3 Å². The van der Waals surface area contributed by atoms with Gasteiger partial charge in [-0.2, -0.15) is 0 Å². The average Bonchev–Trinajstić information content (AvgIpc) is 3.69. The van der Waals surface area contributed by atoms with Crippen molar-refractivity contribution in [1.29, 1.82) is 0 Å². The quantitative estimate of drug-likeness (QED) is 0.0169. The lowest BCUT2D eigenvalue weighted by Gasteiger charge is -2.21. The third kappa shape index (κ3) is 62.4. The van der Waals surface area contributed by atoms with Crippen LogP contribution in [0.25, 0.3) is 0 Å². The number of hydrogen-bond acceptors (Lipinski definition) is 15. The number of allylic oxidation sites excluding steroid dienone is 4. The maximum absolute atomic E-state index is 13.0. The number of rotatable bonds is 67. The van der Waals surface area contributed by atoms with Crippen LogP contribution in [-0.2, 0) is 65.4 Å². The fourth-order valence-electron chi connectivity index (χ4n) is 9.93. The largest absolute Gasteiger partial charge is 0.472 e. The number of phosphoric acid groups is 2. The first-order chi connectivity index (χ1) is 42.5. The lowest BCUT2D eigenvalue weighted by atomic mass is 10.0. The van der Waals surface area contributed by atoms with Crippen molar-refractivity contribution < 1.29 is 80.2 Å². The normalized spacial score (nSPS) is 14.3. The molecule has 0 radical (unpaired) electrons. The molecule has 0 aromatic carbocycles. The SMILES string of the molecule is CCCCCC/C=C\C=C/CCCCCCCC(=O)OC[C@H](COP(=O)(O)OC[C@@H](O)COP(=O)(O)OC[C@@H](COC(=O)CCCCCCC)OC(=O)CCCCCCCCCCCCC)OC(=O)CCCCCCCCCCCCCCCCC(C)C. The Morgan fingerprint density at radius 1 is 0.352 bits per heavy atom. The standard InChI is InChI=1S/C69H130O17P2/c1-6-9-12-15-17-19-21-22-23-27-31-34-38-43-48-53-67(72)80-59-65(86-69(74)55-50-45-40-36-32-28-25-24-26-30-33-37-42-46-51-62(4)5)61-84-88(77,78)82-57-63(70)56-81-87(75,76)83-60-64(58-79-66(71)52-47-41-14-11-8-3)85-68(73)54-49-44-39-35-29-20-18-16-13-10-7-2/h19,21-23,62-65,70H,6-18,20,24-61H2,1-5H3,(H,75,76)(H,77,78)/b21-19-,23-22-/t63-,64+,65+/m0/s1. The second-order valence-electron chi connectivity index (χ2n) is 24.7. The van der Waals surface area contributed by atoms with Crippen LogP contribution < -0.4 is 0 Å². The van der Waals surface area contributed by atoms with Crippen molar-refractivity contribution in [1.82, 2.24) is 0 Å². The van der Waals surface area contributed by atoms with Crippen molar-refractivity contribution in [2.75, 3.05) is 39.6 Å². The number of carbonyl (C=O) groups is 4. The molecule has 0 rings (SSSR count). The summed E-state index contributed by atoms with van der Waals surface area (Å²) in [5.41, 5.74) is 0. The number of carbonyl (C=O) groups excluding carboxylic acids is 4. The van der Waals surface area contributed by atoms with Gasteiger partial charge in [-0.15, -0.1) is 0 Å². The van der Waals surface area contributed by atoms with E-state index in [1.807, 2.05) is 0 Å². The highest BCUT2D eigenvalue weighted by Crippen LogP contribution is 2.45. The number of aliphatic hydroxyl groups is 1. The second kappa shape index (κ2) is 62.0. The summed E-state index contributed by atoms with van der Waals surface area (Å²) >= 11 is 0. The zero-order chi connectivity index (χ0) is 64.9. The van der Waals surface area contributed by atoms with E-state index in [0.717, 1.165) is 121 Å². The van der Waals surface area contributed by atoms with E-state index in [0.29, 0.717) is 25.7 Å². The van der Waals surface area contributed by atoms with Gasteiger partial charge in [-0.1, -0.05) is 277 Å². The summed E-state index contributed by atoms with van der Waals surface area (Å²) in [5.74, 6) is -1.37. The monoisotopic (exact) mass is 1290 g/mol. The van der Waals surface area contributed by atoms with E-state index < -0.39 is 97.5 Å². The van der Waals surface area contributed by atoms with Crippen LogP contribution >= 0.6 is 15.6 Å². The Balaban J connectivity index is 5.20. The molecule has 518 valence electrons. The van der Waals surface area contributed by atoms with Crippen molar-refractivity contribution >= 4 is 39.5 Å². The number of aliphatic hydroxyl groups excluding tert-OH is 1. The maximum atomic E-state index is 13.0. The lowest BCUT2D eigenvalue weighted by molar-refractivity contribution is -0.161. The van der Waals surface area contributed by atoms with Crippen molar-refractivity contribution in [3.63, 3.8) is 0 Å². The van der Waals surface area contributed by atoms with E-state index in [1.54, 1.807) is 0 Å². The highest BCUT2D eigenvalue weighted by molar-refractivity contribution is 7.47. The summed E-state index contributed by atoms with van der Waals surface area (Å²) in [5, 5.41) is 10.5. The molecule has 0 aliphatic heterocycles. The molecule has 0 fully saturated rings. The molecule has 0 aromatic rings. The predicted octanol–water partition coefficient (Wildman–Crippen LogP) is 19.3. The molecule has 0 aliphatic rings. The van der Waals surface area contributed by atoms with Crippen LogP contribution in [0.1, 0.15) is 330 Å². The Morgan fingerprint density at radius 2 is 0.614 bits per heavy atom. The summed E-state index contributed by atoms with van der Waals surface area (Å²) < 4.78 is 68.0. The lowest BCUT2D eigenvalue weighted by Crippen LogP contribution is -2.30. The fraction of sp³-hybridized carbons (Fsp3) is 0.884. The number of ether oxygens (including phenoxy) is 4. The van der Waals surface area contributed by atoms with Gasteiger partial charge in [0.05, 0.1) is 26.4 Å². The van der Waals surface area contributed by atoms with Gasteiger partial charge in [0.1, 0.15) is 19.3 Å². The molecule has 88 heavy (non-hydrogen) atoms. The van der Waals surface area contributed by atoms with Gasteiger partial charge in [0.2, 0.25) is 0 Å². The van der Waals surface area contributed by atoms with Crippen molar-refractivity contribution in [2.24, 2.45) is 5.92 Å². The molecule has 3 N–H and O–H groups in total. The number of esters is 4. The number of unbranched alkanes of at least 4 members (excludes halogenated alkanes) is 36. The van der Waals surface area contributed by atoms with E-state index in [4.69, 9.17) is 37.0 Å². The summed E-state index contributed by atoms with van der Waals surface area (Å²) in [4.78, 5) is 72.2. The van der Waals surface area contributed by atoms with E-state index in [1.165, 1.54) is 128 Å². The van der Waals surface area contributed by atoms with Crippen LogP contribution in [0.5, 0.6) is 0 Å². The van der Waals surface area contributed by atoms with Gasteiger partial charge < -0.3 is 33.8 Å². The van der Waals surface area contributed by atoms with Crippen molar-refractivity contribution in [2.45, 2.75) is 348 Å². The zero-order valence-electron chi connectivity index (χ0n) is 56.3. The highest BCUT2D eigenvalue weighted by atomic mass is 31.2. The first-order valence-electron chi connectivity index (χ1n) is 35.5. The fourth-order valence-corrected chi connectivity index (χ4v) is 11.5. The predicted molar refractivity (Wildman–Crippen MR) is 354 cm³/mol. The Morgan fingerprint density at radius 3 is 0.932 bits per heavy atom. The minimum absolute atomic E-state index is 0.101. The summed E-state index contributed by atoms with van der Waals surface area (Å²) in [6.45, 7) is 7.10. The molecule has 0 spiro atoms. The molecule has 0 aliphatic carbocycles. The molecule has 0 amide bonds. The van der Waals surface area contributed by atoms with E-state index >= 15 is 0 Å². The molecule has 0 saturated heterocycles. The van der Waals surface area contributed by atoms with Gasteiger partial charge in [-0.05, 0) is 57.3 Å². The molecular weight excluding hydrogens is 1160 g/mol. The average molecular weight is 1290 g/mol. The van der Waals surface area contributed by atoms with Gasteiger partial charge in [0, 0.05) is 25.7 Å². The Labute approximate surface area is 535 Å². The van der Waals surface area contributed by atoms with Gasteiger partial charge in [0.25, 0.3) is 0 Å². The van der Waals surface area contributed by atoms with Gasteiger partial charge in [-0.25, -0.2) is 9.13 Å². The summed E-state index contributed by atoms with van der Waals surface area (Å²) in [6, 6.07) is 0. The number of hydrogen-bond donors (Lipinski definition) is 3. The Kier molecular flexibility index (Phi) is 60.3. The first kappa shape index (κ1) is 85.5. The highest BCUT2D eigenvalue weighted by Gasteiger charge is 2.30. The molecule has 17 nitrogen and oxygen atoms in total. The zero-order valence-corrected chi connectivity index (χ0v) is 58.1. The van der Waals surface area contributed by atoms with Crippen LogP contribution in [0.2, 0.25) is 0 Å². The third-order valence-corrected chi connectivity index (χ3v) is 17.3. The molecule has 0 bridgehead atoms. The summed E-state index contributed by atoms with van der Waals surface area (Å²) in [6.07, 6.45) is 51.1. The number of phosphoric ester groups is 2. The first-order valence-corrected chi connectivity index (χ1v) is 38.4. The molecule has 19 heteroatoms. The minimum atomic E-state index is -4.96. The second-order valence-corrected chi connectivity index (χ2v) is 27.6.